The maximum absolute atomic E-state index is 6.01. The first kappa shape index (κ1) is 7.02. The Balaban J connectivity index is 2.05. The Labute approximate surface area is 85.2 Å². The van der Waals surface area contributed by atoms with Crippen LogP contribution in [-0.2, 0) is 9.25 Å². The highest BCUT2D eigenvalue weighted by Crippen LogP contribution is 2.74. The third kappa shape index (κ3) is 0.627. The maximum atomic E-state index is 6.01. The number of fused-ring (bicyclic) bond motifs is 8. The number of halogens is 1. The summed E-state index contributed by atoms with van der Waals surface area (Å²) < 4.78 is 5.90. The number of alkyl halides is 1. The molecule has 13 heavy (non-hydrogen) atoms. The highest BCUT2D eigenvalue weighted by atomic mass is 79.9. The molecule has 0 amide bonds. The van der Waals surface area contributed by atoms with Crippen LogP contribution < -0.4 is 0 Å². The van der Waals surface area contributed by atoms with Gasteiger partial charge in [0.15, 0.2) is 4.51 Å². The Hall–Kier alpha value is -0.340. The van der Waals surface area contributed by atoms with E-state index in [-0.39, 0.29) is 4.51 Å². The van der Waals surface area contributed by atoms with Gasteiger partial charge in [-0.05, 0) is 33.8 Å². The second-order valence-corrected chi connectivity index (χ2v) is 5.45. The van der Waals surface area contributed by atoms with Crippen LogP contribution in [0.1, 0.15) is 23.7 Å². The summed E-state index contributed by atoms with van der Waals surface area (Å²) in [5.41, 5.74) is 2.79. The lowest BCUT2D eigenvalue weighted by Crippen LogP contribution is -2.17. The van der Waals surface area contributed by atoms with Gasteiger partial charge in [-0.25, -0.2) is 0 Å². The smallest absolute Gasteiger partial charge is 0.152 e. The van der Waals surface area contributed by atoms with Gasteiger partial charge < -0.3 is 4.74 Å². The molecule has 4 atom stereocenters. The summed E-state index contributed by atoms with van der Waals surface area (Å²) in [5, 5.41) is 0. The zero-order valence-corrected chi connectivity index (χ0v) is 8.62. The van der Waals surface area contributed by atoms with E-state index in [1.807, 2.05) is 0 Å². The lowest BCUT2D eigenvalue weighted by atomic mass is 9.92. The average molecular weight is 237 g/mol. The zero-order chi connectivity index (χ0) is 8.63. The Kier molecular flexibility index (Phi) is 1.01. The van der Waals surface area contributed by atoms with Gasteiger partial charge in [-0.15, -0.1) is 0 Å². The van der Waals surface area contributed by atoms with Crippen molar-refractivity contribution < 1.29 is 4.74 Å². The molecule has 0 spiro atoms. The third-order valence-corrected chi connectivity index (χ3v) is 4.84. The molecule has 2 heteroatoms. The summed E-state index contributed by atoms with van der Waals surface area (Å²) in [6.07, 6.45) is 1.73. The Morgan fingerprint density at radius 1 is 1.38 bits per heavy atom. The molecule has 1 saturated heterocycles. The van der Waals surface area contributed by atoms with E-state index >= 15 is 0 Å². The first-order chi connectivity index (χ1) is 6.31. The quantitative estimate of drug-likeness (QED) is 0.630. The zero-order valence-electron chi connectivity index (χ0n) is 7.03. The molecule has 1 nitrogen and oxygen atoms in total. The molecule has 0 N–H and O–H groups in total. The van der Waals surface area contributed by atoms with Crippen LogP contribution in [0.15, 0.2) is 24.3 Å². The molecule has 1 aromatic carbocycles. The van der Waals surface area contributed by atoms with E-state index in [4.69, 9.17) is 4.74 Å². The van der Waals surface area contributed by atoms with E-state index in [2.05, 4.69) is 40.2 Å². The van der Waals surface area contributed by atoms with Crippen molar-refractivity contribution in [1.82, 2.24) is 0 Å². The average Bonchev–Trinajstić information content (AvgIpc) is 2.84. The number of hydrogen-bond acceptors (Lipinski definition) is 1. The van der Waals surface area contributed by atoms with Gasteiger partial charge in [-0.3, -0.25) is 0 Å². The number of hydrogen-bond donors (Lipinski definition) is 0. The largest absolute Gasteiger partial charge is 0.351 e. The van der Waals surface area contributed by atoms with Crippen molar-refractivity contribution in [3.63, 3.8) is 0 Å². The van der Waals surface area contributed by atoms with Crippen LogP contribution in [0.2, 0.25) is 0 Å². The molecule has 0 aromatic heterocycles. The predicted octanol–water partition coefficient (Wildman–Crippen LogP) is 2.96. The maximum Gasteiger partial charge on any atom is 0.152 e. The van der Waals surface area contributed by atoms with Gasteiger partial charge in [0.2, 0.25) is 0 Å². The molecule has 0 radical (unpaired) electrons. The van der Waals surface area contributed by atoms with Crippen molar-refractivity contribution in [3.8, 4) is 0 Å². The summed E-state index contributed by atoms with van der Waals surface area (Å²) in [7, 11) is 0. The summed E-state index contributed by atoms with van der Waals surface area (Å²) in [4.78, 5) is 0. The van der Waals surface area contributed by atoms with Crippen molar-refractivity contribution in [2.75, 3.05) is 0 Å². The second-order valence-electron chi connectivity index (χ2n) is 4.28. The van der Waals surface area contributed by atoms with Gasteiger partial charge in [0.05, 0.1) is 6.10 Å². The van der Waals surface area contributed by atoms with E-state index in [1.165, 1.54) is 17.5 Å². The highest BCUT2D eigenvalue weighted by molar-refractivity contribution is 9.09. The fourth-order valence-electron chi connectivity index (χ4n) is 2.95. The molecule has 1 aliphatic carbocycles. The summed E-state index contributed by atoms with van der Waals surface area (Å²) in [6.45, 7) is 0. The Morgan fingerprint density at radius 3 is 3.15 bits per heavy atom. The normalized spacial score (nSPS) is 48.8. The van der Waals surface area contributed by atoms with Crippen molar-refractivity contribution in [3.05, 3.63) is 35.4 Å². The minimum absolute atomic E-state index is 0.112. The van der Waals surface area contributed by atoms with Crippen molar-refractivity contribution in [2.45, 2.75) is 17.0 Å². The van der Waals surface area contributed by atoms with E-state index in [1.54, 1.807) is 0 Å². The molecule has 3 aliphatic rings. The van der Waals surface area contributed by atoms with Crippen LogP contribution in [0.5, 0.6) is 0 Å². The Bertz CT molecular complexity index is 403. The molecule has 2 aliphatic heterocycles. The summed E-state index contributed by atoms with van der Waals surface area (Å²) >= 11 is 3.77. The van der Waals surface area contributed by atoms with E-state index in [0.29, 0.717) is 6.10 Å². The predicted molar refractivity (Wildman–Crippen MR) is 52.5 cm³/mol. The molecule has 2 fully saturated rings. The van der Waals surface area contributed by atoms with Gasteiger partial charge in [-0.2, -0.15) is 0 Å². The fraction of sp³-hybridized carbons (Fsp3) is 0.455. The molecule has 1 aromatic rings. The van der Waals surface area contributed by atoms with Crippen LogP contribution in [-0.4, -0.2) is 0 Å². The van der Waals surface area contributed by atoms with E-state index in [9.17, 15) is 0 Å². The molecule has 2 bridgehead atoms. The SMILES string of the molecule is BrC12OC(c3ccccc31)C1CC12. The van der Waals surface area contributed by atoms with Crippen LogP contribution in [0.25, 0.3) is 0 Å². The minimum Gasteiger partial charge on any atom is -0.351 e. The van der Waals surface area contributed by atoms with Crippen LogP contribution >= 0.6 is 15.9 Å². The molecule has 2 heterocycles. The van der Waals surface area contributed by atoms with Crippen LogP contribution in [0.3, 0.4) is 0 Å². The van der Waals surface area contributed by atoms with Gasteiger partial charge in [-0.1, -0.05) is 24.3 Å². The summed E-state index contributed by atoms with van der Waals surface area (Å²) in [6, 6.07) is 8.61. The van der Waals surface area contributed by atoms with E-state index < -0.39 is 0 Å². The molecule has 1 saturated carbocycles. The van der Waals surface area contributed by atoms with Gasteiger partial charge >= 0.3 is 0 Å². The van der Waals surface area contributed by atoms with Gasteiger partial charge in [0, 0.05) is 11.5 Å². The van der Waals surface area contributed by atoms with E-state index in [0.717, 1.165) is 11.8 Å². The second kappa shape index (κ2) is 1.86. The molecular weight excluding hydrogens is 228 g/mol. The summed E-state index contributed by atoms with van der Waals surface area (Å²) in [5.74, 6) is 1.54. The number of ether oxygens (including phenoxy) is 1. The topological polar surface area (TPSA) is 9.23 Å². The lowest BCUT2D eigenvalue weighted by molar-refractivity contribution is 0.0191. The molecular formula is C11H9BrO. The highest BCUT2D eigenvalue weighted by Gasteiger charge is 2.69. The number of benzene rings is 1. The fourth-order valence-corrected chi connectivity index (χ4v) is 4.04. The first-order valence-electron chi connectivity index (χ1n) is 4.77. The molecule has 4 rings (SSSR count). The molecule has 4 unspecified atom stereocenters. The van der Waals surface area contributed by atoms with Crippen molar-refractivity contribution in [1.29, 1.82) is 0 Å². The third-order valence-electron chi connectivity index (χ3n) is 3.64. The van der Waals surface area contributed by atoms with Crippen molar-refractivity contribution in [2.24, 2.45) is 11.8 Å². The van der Waals surface area contributed by atoms with Crippen LogP contribution in [0, 0.1) is 11.8 Å². The number of rotatable bonds is 0. The minimum atomic E-state index is -0.112. The molecule has 66 valence electrons. The standard InChI is InChI=1S/C11H9BrO/c12-11-8-4-2-1-3-6(8)10(13-11)7-5-9(7)11/h1-4,7,9-10H,5H2. The van der Waals surface area contributed by atoms with Crippen molar-refractivity contribution >= 4 is 15.9 Å². The first-order valence-corrected chi connectivity index (χ1v) is 5.56. The monoisotopic (exact) mass is 236 g/mol. The van der Waals surface area contributed by atoms with Crippen LogP contribution in [0.4, 0.5) is 0 Å². The lowest BCUT2D eigenvalue weighted by Gasteiger charge is -2.19. The Morgan fingerprint density at radius 2 is 2.23 bits per heavy atom. The van der Waals surface area contributed by atoms with Gasteiger partial charge in [0.25, 0.3) is 0 Å². The van der Waals surface area contributed by atoms with Gasteiger partial charge in [0.1, 0.15) is 0 Å².